The van der Waals surface area contributed by atoms with Crippen LogP contribution in [0.1, 0.15) is 44.6 Å². The van der Waals surface area contributed by atoms with Crippen molar-refractivity contribution in [1.82, 2.24) is 9.78 Å². The molecule has 1 fully saturated rings. The smallest absolute Gasteiger partial charge is 0.268 e. The van der Waals surface area contributed by atoms with Crippen LogP contribution in [0.3, 0.4) is 0 Å². The Kier molecular flexibility index (Phi) is 3.74. The van der Waals surface area contributed by atoms with Crippen molar-refractivity contribution in [1.29, 1.82) is 0 Å². The molecule has 0 radical (unpaired) electrons. The summed E-state index contributed by atoms with van der Waals surface area (Å²) in [7, 11) is 0. The minimum atomic E-state index is -0.0247. The lowest BCUT2D eigenvalue weighted by atomic mass is 9.89. The van der Waals surface area contributed by atoms with Crippen molar-refractivity contribution in [2.75, 3.05) is 0 Å². The van der Waals surface area contributed by atoms with Crippen LogP contribution in [0.4, 0.5) is 0 Å². The average molecular weight is 243 g/mol. The van der Waals surface area contributed by atoms with E-state index in [-0.39, 0.29) is 5.56 Å². The van der Waals surface area contributed by atoms with Crippen molar-refractivity contribution in [2.24, 2.45) is 5.92 Å². The predicted octanol–water partition coefficient (Wildman–Crippen LogP) is 2.97. The maximum absolute atomic E-state index is 11.6. The van der Waals surface area contributed by atoms with Crippen LogP contribution >= 0.6 is 11.6 Å². The van der Waals surface area contributed by atoms with Crippen molar-refractivity contribution >= 4 is 11.6 Å². The molecule has 0 aliphatic heterocycles. The van der Waals surface area contributed by atoms with Gasteiger partial charge in [0.05, 0.1) is 5.56 Å². The highest BCUT2D eigenvalue weighted by Crippen LogP contribution is 2.26. The first kappa shape index (κ1) is 11.8. The third-order valence-electron chi connectivity index (χ3n) is 3.52. The van der Waals surface area contributed by atoms with Crippen LogP contribution in [0.25, 0.3) is 0 Å². The van der Waals surface area contributed by atoms with Gasteiger partial charge in [-0.3, -0.25) is 14.6 Å². The minimum absolute atomic E-state index is 0.0247. The van der Waals surface area contributed by atoms with E-state index in [1.807, 2.05) is 11.6 Å². The first-order valence-electron chi connectivity index (χ1n) is 6.19. The van der Waals surface area contributed by atoms with Crippen LogP contribution in [0.2, 0.25) is 5.15 Å². The zero-order chi connectivity index (χ0) is 11.5. The van der Waals surface area contributed by atoms with Gasteiger partial charge < -0.3 is 0 Å². The van der Waals surface area contributed by atoms with E-state index < -0.39 is 0 Å². The third-order valence-corrected chi connectivity index (χ3v) is 3.95. The summed E-state index contributed by atoms with van der Waals surface area (Å²) >= 11 is 6.18. The van der Waals surface area contributed by atoms with Crippen LogP contribution in [0, 0.1) is 5.92 Å². The van der Waals surface area contributed by atoms with Crippen LogP contribution in [0.15, 0.2) is 4.79 Å². The van der Waals surface area contributed by atoms with Gasteiger partial charge >= 0.3 is 0 Å². The van der Waals surface area contributed by atoms with Gasteiger partial charge in [0.2, 0.25) is 0 Å². The molecule has 0 saturated heterocycles. The van der Waals surface area contributed by atoms with E-state index in [4.69, 9.17) is 11.6 Å². The molecular formula is C12H19ClN2O. The third kappa shape index (κ3) is 2.34. The maximum Gasteiger partial charge on any atom is 0.268 e. The average Bonchev–Trinajstić information content (AvgIpc) is 2.55. The Labute approximate surface area is 101 Å². The number of nitrogens with one attached hydrogen (secondary N) is 1. The summed E-state index contributed by atoms with van der Waals surface area (Å²) in [5, 5.41) is 3.45. The van der Waals surface area contributed by atoms with Gasteiger partial charge in [-0.2, -0.15) is 0 Å². The minimum Gasteiger partial charge on any atom is -0.273 e. The fraction of sp³-hybridized carbons (Fsp3) is 0.750. The van der Waals surface area contributed by atoms with Crippen molar-refractivity contribution in [3.63, 3.8) is 0 Å². The first-order valence-corrected chi connectivity index (χ1v) is 6.57. The summed E-state index contributed by atoms with van der Waals surface area (Å²) in [6.07, 6.45) is 7.21. The summed E-state index contributed by atoms with van der Waals surface area (Å²) in [5.74, 6) is 0.680. The Bertz CT molecular complexity index is 402. The number of hydrogen-bond acceptors (Lipinski definition) is 1. The van der Waals surface area contributed by atoms with Gasteiger partial charge in [-0.25, -0.2) is 0 Å². The molecule has 1 saturated carbocycles. The highest BCUT2D eigenvalue weighted by atomic mass is 35.5. The van der Waals surface area contributed by atoms with Gasteiger partial charge in [0.1, 0.15) is 5.15 Å². The van der Waals surface area contributed by atoms with Gasteiger partial charge in [-0.05, 0) is 25.2 Å². The van der Waals surface area contributed by atoms with Crippen molar-refractivity contribution < 1.29 is 0 Å². The molecule has 1 N–H and O–H groups in total. The Morgan fingerprint density at radius 1 is 1.38 bits per heavy atom. The topological polar surface area (TPSA) is 37.8 Å². The summed E-state index contributed by atoms with van der Waals surface area (Å²) in [6.45, 7) is 2.83. The molecule has 0 atom stereocenters. The first-order chi connectivity index (χ1) is 7.72. The number of nitrogens with zero attached hydrogens (tertiary/aromatic N) is 1. The largest absolute Gasteiger partial charge is 0.273 e. The van der Waals surface area contributed by atoms with E-state index >= 15 is 0 Å². The molecule has 16 heavy (non-hydrogen) atoms. The molecule has 0 aromatic carbocycles. The lowest BCUT2D eigenvalue weighted by molar-refractivity contribution is 0.308. The molecule has 4 heteroatoms. The fourth-order valence-electron chi connectivity index (χ4n) is 2.56. The van der Waals surface area contributed by atoms with Crippen LogP contribution in [-0.2, 0) is 13.0 Å². The number of halogens is 1. The second-order valence-electron chi connectivity index (χ2n) is 4.68. The quantitative estimate of drug-likeness (QED) is 0.870. The molecule has 1 aromatic rings. The summed E-state index contributed by atoms with van der Waals surface area (Å²) in [5.41, 5.74) is 0.695. The fourth-order valence-corrected chi connectivity index (χ4v) is 2.89. The Balaban J connectivity index is 2.11. The number of rotatable bonds is 3. The molecule has 1 aromatic heterocycles. The van der Waals surface area contributed by atoms with Gasteiger partial charge in [0.15, 0.2) is 0 Å². The van der Waals surface area contributed by atoms with Gasteiger partial charge in [0.25, 0.3) is 5.56 Å². The molecular weight excluding hydrogens is 224 g/mol. The second-order valence-corrected chi connectivity index (χ2v) is 5.04. The van der Waals surface area contributed by atoms with E-state index in [9.17, 15) is 4.79 Å². The monoisotopic (exact) mass is 242 g/mol. The SMILES string of the molecule is CCc1c(Cl)n(CC2CCCCC2)[nH]c1=O. The van der Waals surface area contributed by atoms with Crippen molar-refractivity contribution in [3.05, 3.63) is 21.1 Å². The van der Waals surface area contributed by atoms with Gasteiger partial charge in [-0.1, -0.05) is 37.8 Å². The van der Waals surface area contributed by atoms with E-state index in [2.05, 4.69) is 5.10 Å². The van der Waals surface area contributed by atoms with Crippen LogP contribution in [0.5, 0.6) is 0 Å². The molecule has 90 valence electrons. The highest BCUT2D eigenvalue weighted by Gasteiger charge is 2.17. The molecule has 1 heterocycles. The number of hydrogen-bond donors (Lipinski definition) is 1. The van der Waals surface area contributed by atoms with E-state index in [1.54, 1.807) is 0 Å². The number of aromatic nitrogens is 2. The van der Waals surface area contributed by atoms with Crippen LogP contribution < -0.4 is 5.56 Å². The molecule has 2 rings (SSSR count). The van der Waals surface area contributed by atoms with E-state index in [0.29, 0.717) is 17.5 Å². The van der Waals surface area contributed by atoms with E-state index in [1.165, 1.54) is 32.1 Å². The summed E-state index contributed by atoms with van der Waals surface area (Å²) in [6, 6.07) is 0. The standard InChI is InChI=1S/C12H19ClN2O/c1-2-10-11(13)15(14-12(10)16)8-9-6-4-3-5-7-9/h9H,2-8H2,1H3,(H,14,16). The Morgan fingerprint density at radius 3 is 2.62 bits per heavy atom. The molecule has 0 spiro atoms. The van der Waals surface area contributed by atoms with Gasteiger partial charge in [-0.15, -0.1) is 0 Å². The zero-order valence-electron chi connectivity index (χ0n) is 9.76. The second kappa shape index (κ2) is 5.09. The predicted molar refractivity (Wildman–Crippen MR) is 66.0 cm³/mol. The number of H-pyrrole nitrogens is 1. The highest BCUT2D eigenvalue weighted by molar-refractivity contribution is 6.30. The summed E-state index contributed by atoms with van der Waals surface area (Å²) < 4.78 is 1.83. The van der Waals surface area contributed by atoms with Crippen molar-refractivity contribution in [2.45, 2.75) is 52.0 Å². The molecule has 0 amide bonds. The molecule has 1 aliphatic rings. The summed E-state index contributed by atoms with van der Waals surface area (Å²) in [4.78, 5) is 11.6. The Hall–Kier alpha value is -0.700. The lowest BCUT2D eigenvalue weighted by Crippen LogP contribution is -2.16. The van der Waals surface area contributed by atoms with Crippen LogP contribution in [-0.4, -0.2) is 9.78 Å². The molecule has 0 bridgehead atoms. The molecule has 0 unspecified atom stereocenters. The molecule has 3 nitrogen and oxygen atoms in total. The molecule has 1 aliphatic carbocycles. The van der Waals surface area contributed by atoms with Gasteiger partial charge in [0, 0.05) is 6.54 Å². The lowest BCUT2D eigenvalue weighted by Gasteiger charge is -2.21. The maximum atomic E-state index is 11.6. The zero-order valence-corrected chi connectivity index (χ0v) is 10.5. The normalized spacial score (nSPS) is 17.9. The van der Waals surface area contributed by atoms with E-state index in [0.717, 1.165) is 12.1 Å². The Morgan fingerprint density at radius 2 is 2.06 bits per heavy atom. The van der Waals surface area contributed by atoms with Crippen molar-refractivity contribution in [3.8, 4) is 0 Å². The number of aromatic amines is 1.